The Balaban J connectivity index is 3.28. The Labute approximate surface area is 129 Å². The summed E-state index contributed by atoms with van der Waals surface area (Å²) in [5, 5.41) is 9.19. The highest BCUT2D eigenvalue weighted by atomic mass is 35.5. The Morgan fingerprint density at radius 2 is 2.10 bits per heavy atom. The predicted molar refractivity (Wildman–Crippen MR) is 79.3 cm³/mol. The third-order valence-corrected chi connectivity index (χ3v) is 5.35. The monoisotopic (exact) mass is 335 g/mol. The van der Waals surface area contributed by atoms with Crippen LogP contribution in [0.3, 0.4) is 0 Å². The molecule has 0 saturated carbocycles. The molecule has 0 aromatic heterocycles. The first kappa shape index (κ1) is 17.7. The summed E-state index contributed by atoms with van der Waals surface area (Å²) in [5.74, 6) is -0.928. The van der Waals surface area contributed by atoms with E-state index in [1.165, 1.54) is 25.3 Å². The summed E-state index contributed by atoms with van der Waals surface area (Å²) >= 11 is 5.82. The molecule has 0 heterocycles. The summed E-state index contributed by atoms with van der Waals surface area (Å²) in [5.41, 5.74) is 0. The van der Waals surface area contributed by atoms with Crippen molar-refractivity contribution in [1.82, 2.24) is 4.31 Å². The van der Waals surface area contributed by atoms with Crippen molar-refractivity contribution in [2.24, 2.45) is 0 Å². The number of carboxylic acid groups (broad SMARTS) is 1. The lowest BCUT2D eigenvalue weighted by Crippen LogP contribution is -2.39. The van der Waals surface area contributed by atoms with Crippen molar-refractivity contribution >= 4 is 27.6 Å². The van der Waals surface area contributed by atoms with Crippen LogP contribution in [-0.2, 0) is 14.8 Å². The Morgan fingerprint density at radius 1 is 1.48 bits per heavy atom. The van der Waals surface area contributed by atoms with Crippen LogP contribution in [0, 0.1) is 0 Å². The van der Waals surface area contributed by atoms with Crippen molar-refractivity contribution in [1.29, 1.82) is 0 Å². The van der Waals surface area contributed by atoms with Gasteiger partial charge in [0.05, 0.1) is 13.5 Å². The topological polar surface area (TPSA) is 83.9 Å². The van der Waals surface area contributed by atoms with Crippen LogP contribution in [0.2, 0.25) is 5.02 Å². The molecule has 0 spiro atoms. The summed E-state index contributed by atoms with van der Waals surface area (Å²) in [6.45, 7) is 3.36. The molecule has 0 aliphatic heterocycles. The molecule has 0 amide bonds. The number of aliphatic carboxylic acids is 1. The van der Waals surface area contributed by atoms with Gasteiger partial charge in [-0.15, -0.1) is 0 Å². The van der Waals surface area contributed by atoms with E-state index < -0.39 is 22.0 Å². The van der Waals surface area contributed by atoms with Crippen molar-refractivity contribution in [3.8, 4) is 5.75 Å². The zero-order valence-corrected chi connectivity index (χ0v) is 13.6. The number of methoxy groups -OCH3 is 1. The standard InChI is InChI=1S/C13H18ClNO5S/c1-4-15(9(2)7-13(16)17)21(18,19)12-6-5-10(14)8-11(12)20-3/h5-6,8-9H,4,7H2,1-3H3,(H,16,17). The third-order valence-electron chi connectivity index (χ3n) is 2.99. The molecule has 0 fully saturated rings. The van der Waals surface area contributed by atoms with E-state index in [4.69, 9.17) is 21.4 Å². The van der Waals surface area contributed by atoms with Crippen molar-refractivity contribution in [2.75, 3.05) is 13.7 Å². The van der Waals surface area contributed by atoms with E-state index >= 15 is 0 Å². The second-order valence-corrected chi connectivity index (χ2v) is 6.75. The van der Waals surface area contributed by atoms with E-state index in [0.717, 1.165) is 4.31 Å². The van der Waals surface area contributed by atoms with E-state index in [-0.39, 0.29) is 23.6 Å². The molecule has 1 rings (SSSR count). The van der Waals surface area contributed by atoms with Gasteiger partial charge in [-0.3, -0.25) is 4.79 Å². The Kier molecular flexibility index (Phi) is 6.00. The lowest BCUT2D eigenvalue weighted by molar-refractivity contribution is -0.137. The molecule has 0 aliphatic carbocycles. The number of halogens is 1. The van der Waals surface area contributed by atoms with Gasteiger partial charge < -0.3 is 9.84 Å². The second-order valence-electron chi connectivity index (χ2n) is 4.45. The number of hydrogen-bond donors (Lipinski definition) is 1. The predicted octanol–water partition coefficient (Wildman–Crippen LogP) is 2.22. The van der Waals surface area contributed by atoms with Gasteiger partial charge in [0.2, 0.25) is 10.0 Å². The van der Waals surface area contributed by atoms with Crippen LogP contribution in [0.1, 0.15) is 20.3 Å². The molecule has 118 valence electrons. The van der Waals surface area contributed by atoms with E-state index in [0.29, 0.717) is 5.02 Å². The van der Waals surface area contributed by atoms with Crippen molar-refractivity contribution in [3.63, 3.8) is 0 Å². The molecule has 6 nitrogen and oxygen atoms in total. The number of sulfonamides is 1. The van der Waals surface area contributed by atoms with Gasteiger partial charge in [0.25, 0.3) is 0 Å². The lowest BCUT2D eigenvalue weighted by Gasteiger charge is -2.26. The first-order valence-electron chi connectivity index (χ1n) is 6.31. The number of rotatable bonds is 7. The minimum atomic E-state index is -3.87. The van der Waals surface area contributed by atoms with Crippen LogP contribution in [-0.4, -0.2) is 43.5 Å². The average molecular weight is 336 g/mol. The van der Waals surface area contributed by atoms with Crippen LogP contribution in [0.25, 0.3) is 0 Å². The summed E-state index contributed by atoms with van der Waals surface area (Å²) in [7, 11) is -2.52. The molecule has 0 saturated heterocycles. The fourth-order valence-corrected chi connectivity index (χ4v) is 3.99. The summed E-state index contributed by atoms with van der Waals surface area (Å²) in [6, 6.07) is 3.54. The molecule has 1 N–H and O–H groups in total. The number of nitrogens with zero attached hydrogens (tertiary/aromatic N) is 1. The van der Waals surface area contributed by atoms with Crippen molar-refractivity contribution in [2.45, 2.75) is 31.2 Å². The molecular weight excluding hydrogens is 318 g/mol. The van der Waals surface area contributed by atoms with E-state index in [1.807, 2.05) is 0 Å². The molecule has 8 heteroatoms. The molecule has 1 atom stereocenters. The minimum Gasteiger partial charge on any atom is -0.495 e. The summed E-state index contributed by atoms with van der Waals surface area (Å²) in [6.07, 6.45) is -0.275. The van der Waals surface area contributed by atoms with Crippen LogP contribution in [0.4, 0.5) is 0 Å². The highest BCUT2D eigenvalue weighted by molar-refractivity contribution is 7.89. The molecule has 0 aliphatic rings. The maximum atomic E-state index is 12.7. The van der Waals surface area contributed by atoms with E-state index in [9.17, 15) is 13.2 Å². The molecule has 0 bridgehead atoms. The Hall–Kier alpha value is -1.31. The molecule has 1 unspecified atom stereocenters. The van der Waals surface area contributed by atoms with Crippen molar-refractivity contribution < 1.29 is 23.1 Å². The minimum absolute atomic E-state index is 0.0338. The fraction of sp³-hybridized carbons (Fsp3) is 0.462. The highest BCUT2D eigenvalue weighted by Gasteiger charge is 2.31. The zero-order chi connectivity index (χ0) is 16.2. The number of hydrogen-bond acceptors (Lipinski definition) is 4. The van der Waals surface area contributed by atoms with Gasteiger partial charge in [-0.25, -0.2) is 8.42 Å². The quantitative estimate of drug-likeness (QED) is 0.826. The van der Waals surface area contributed by atoms with Crippen LogP contribution < -0.4 is 4.74 Å². The van der Waals surface area contributed by atoms with Gasteiger partial charge in [-0.1, -0.05) is 18.5 Å². The Bertz CT molecular complexity index is 617. The average Bonchev–Trinajstić information content (AvgIpc) is 2.37. The van der Waals surface area contributed by atoms with Crippen molar-refractivity contribution in [3.05, 3.63) is 23.2 Å². The fourth-order valence-electron chi connectivity index (χ4n) is 2.05. The van der Waals surface area contributed by atoms with Crippen LogP contribution >= 0.6 is 11.6 Å². The number of ether oxygens (including phenoxy) is 1. The molecular formula is C13H18ClNO5S. The SMILES string of the molecule is CCN(C(C)CC(=O)O)S(=O)(=O)c1ccc(Cl)cc1OC. The molecule has 1 aromatic carbocycles. The first-order valence-corrected chi connectivity index (χ1v) is 8.13. The smallest absolute Gasteiger partial charge is 0.304 e. The van der Waals surface area contributed by atoms with Gasteiger partial charge >= 0.3 is 5.97 Å². The van der Waals surface area contributed by atoms with E-state index in [2.05, 4.69) is 0 Å². The summed E-state index contributed by atoms with van der Waals surface area (Å²) < 4.78 is 31.6. The normalized spacial score (nSPS) is 13.2. The number of carbonyl (C=O) groups is 1. The molecule has 21 heavy (non-hydrogen) atoms. The van der Waals surface area contributed by atoms with Gasteiger partial charge in [0, 0.05) is 23.7 Å². The lowest BCUT2D eigenvalue weighted by atomic mass is 10.2. The second kappa shape index (κ2) is 7.11. The molecule has 0 radical (unpaired) electrons. The first-order chi connectivity index (χ1) is 9.73. The zero-order valence-electron chi connectivity index (χ0n) is 12.0. The number of carboxylic acids is 1. The van der Waals surface area contributed by atoms with Gasteiger partial charge in [0.1, 0.15) is 10.6 Å². The van der Waals surface area contributed by atoms with Gasteiger partial charge in [-0.2, -0.15) is 4.31 Å². The van der Waals surface area contributed by atoms with Crippen LogP contribution in [0.5, 0.6) is 5.75 Å². The van der Waals surface area contributed by atoms with E-state index in [1.54, 1.807) is 13.8 Å². The summed E-state index contributed by atoms with van der Waals surface area (Å²) in [4.78, 5) is 10.8. The number of benzene rings is 1. The van der Waals surface area contributed by atoms with Gasteiger partial charge in [0.15, 0.2) is 0 Å². The van der Waals surface area contributed by atoms with Crippen LogP contribution in [0.15, 0.2) is 23.1 Å². The Morgan fingerprint density at radius 3 is 2.57 bits per heavy atom. The maximum absolute atomic E-state index is 12.7. The van der Waals surface area contributed by atoms with Gasteiger partial charge in [-0.05, 0) is 19.1 Å². The highest BCUT2D eigenvalue weighted by Crippen LogP contribution is 2.30. The largest absolute Gasteiger partial charge is 0.495 e. The third kappa shape index (κ3) is 4.09. The molecule has 1 aromatic rings. The maximum Gasteiger partial charge on any atom is 0.304 e.